The Morgan fingerprint density at radius 3 is 2.27 bits per heavy atom. The Bertz CT molecular complexity index is 834. The molecule has 0 saturated carbocycles. The van der Waals surface area contributed by atoms with Gasteiger partial charge in [-0.05, 0) is 55.8 Å². The molecule has 1 amide bonds. The maximum atomic E-state index is 12.0. The smallest absolute Gasteiger partial charge is 0.258 e. The normalized spacial score (nSPS) is 11.4. The van der Waals surface area contributed by atoms with Gasteiger partial charge < -0.3 is 10.1 Å². The van der Waals surface area contributed by atoms with Crippen LogP contribution in [0.4, 0.5) is 0 Å². The number of rotatable bonds is 8. The Balaban J connectivity index is 1.83. The van der Waals surface area contributed by atoms with Gasteiger partial charge in [-0.25, -0.2) is 13.1 Å². The van der Waals surface area contributed by atoms with Gasteiger partial charge in [0.15, 0.2) is 6.61 Å². The first kappa shape index (κ1) is 20.2. The van der Waals surface area contributed by atoms with Crippen LogP contribution in [0.2, 0.25) is 5.02 Å². The lowest BCUT2D eigenvalue weighted by molar-refractivity contribution is -0.123. The summed E-state index contributed by atoms with van der Waals surface area (Å²) in [6.45, 7) is 3.71. The lowest BCUT2D eigenvalue weighted by atomic mass is 10.2. The van der Waals surface area contributed by atoms with E-state index in [0.29, 0.717) is 17.3 Å². The van der Waals surface area contributed by atoms with Crippen molar-refractivity contribution in [3.63, 3.8) is 0 Å². The van der Waals surface area contributed by atoms with Gasteiger partial charge in [0.25, 0.3) is 5.91 Å². The Labute approximate surface area is 158 Å². The fraction of sp³-hybridized carbons (Fsp3) is 0.278. The number of hydrogen-bond acceptors (Lipinski definition) is 4. The maximum absolute atomic E-state index is 12.0. The molecule has 0 atom stereocenters. The number of nitrogens with one attached hydrogen (secondary N) is 2. The minimum atomic E-state index is -3.54. The fourth-order valence-electron chi connectivity index (χ4n) is 2.10. The zero-order valence-corrected chi connectivity index (χ0v) is 16.1. The molecule has 0 bridgehead atoms. The number of hydrogen-bond donors (Lipinski definition) is 2. The number of amides is 1. The summed E-state index contributed by atoms with van der Waals surface area (Å²) in [5, 5.41) is 3.37. The number of carbonyl (C=O) groups is 1. The van der Waals surface area contributed by atoms with E-state index in [0.717, 1.165) is 5.56 Å². The average Bonchev–Trinajstić information content (AvgIpc) is 2.59. The van der Waals surface area contributed by atoms with E-state index in [1.54, 1.807) is 26.0 Å². The second-order valence-electron chi connectivity index (χ2n) is 5.94. The fourth-order valence-corrected chi connectivity index (χ4v) is 3.47. The minimum absolute atomic E-state index is 0.144. The van der Waals surface area contributed by atoms with E-state index in [1.165, 1.54) is 24.3 Å². The van der Waals surface area contributed by atoms with Gasteiger partial charge in [-0.15, -0.1) is 0 Å². The van der Waals surface area contributed by atoms with Crippen molar-refractivity contribution < 1.29 is 17.9 Å². The van der Waals surface area contributed by atoms with Gasteiger partial charge in [0.1, 0.15) is 5.75 Å². The third kappa shape index (κ3) is 6.33. The van der Waals surface area contributed by atoms with Crippen LogP contribution in [0.15, 0.2) is 53.4 Å². The molecule has 6 nitrogen and oxygen atoms in total. The largest absolute Gasteiger partial charge is 0.484 e. The lowest BCUT2D eigenvalue weighted by Crippen LogP contribution is -2.30. The molecular formula is C18H21ClN2O4S. The molecular weight excluding hydrogens is 376 g/mol. The van der Waals surface area contributed by atoms with Crippen molar-refractivity contribution in [1.29, 1.82) is 0 Å². The molecule has 8 heteroatoms. The number of halogens is 1. The summed E-state index contributed by atoms with van der Waals surface area (Å²) in [7, 11) is -3.54. The molecule has 0 heterocycles. The molecule has 0 saturated heterocycles. The van der Waals surface area contributed by atoms with Gasteiger partial charge in [0, 0.05) is 17.6 Å². The zero-order chi connectivity index (χ0) is 19.2. The van der Waals surface area contributed by atoms with Crippen molar-refractivity contribution in [2.45, 2.75) is 31.3 Å². The molecule has 140 valence electrons. The van der Waals surface area contributed by atoms with Crippen molar-refractivity contribution >= 4 is 27.5 Å². The van der Waals surface area contributed by atoms with Crippen molar-refractivity contribution in [3.05, 3.63) is 59.1 Å². The van der Waals surface area contributed by atoms with Crippen LogP contribution in [0.5, 0.6) is 5.75 Å². The predicted octanol–water partition coefficient (Wildman–Crippen LogP) is 2.72. The first-order chi connectivity index (χ1) is 12.3. The Hall–Kier alpha value is -2.09. The molecule has 2 N–H and O–H groups in total. The molecule has 0 aliphatic heterocycles. The van der Waals surface area contributed by atoms with E-state index < -0.39 is 10.0 Å². The van der Waals surface area contributed by atoms with Gasteiger partial charge in [0.05, 0.1) is 4.90 Å². The number of benzene rings is 2. The molecule has 0 unspecified atom stereocenters. The molecule has 0 aliphatic rings. The molecule has 0 spiro atoms. The number of sulfonamides is 1. The van der Waals surface area contributed by atoms with E-state index in [1.807, 2.05) is 12.1 Å². The van der Waals surface area contributed by atoms with Crippen LogP contribution in [-0.2, 0) is 21.4 Å². The van der Waals surface area contributed by atoms with E-state index in [9.17, 15) is 13.2 Å². The lowest BCUT2D eigenvalue weighted by Gasteiger charge is -2.11. The third-order valence-corrected chi connectivity index (χ3v) is 5.22. The van der Waals surface area contributed by atoms with E-state index in [4.69, 9.17) is 16.3 Å². The SMILES string of the molecule is CC(C)NS(=O)(=O)c1ccc(OCC(=O)NCc2ccc(Cl)cc2)cc1. The highest BCUT2D eigenvalue weighted by atomic mass is 35.5. The van der Waals surface area contributed by atoms with E-state index in [2.05, 4.69) is 10.0 Å². The summed E-state index contributed by atoms with van der Waals surface area (Å²) in [5.41, 5.74) is 0.926. The standard InChI is InChI=1S/C18H21ClN2O4S/c1-13(2)21-26(23,24)17-9-7-16(8-10-17)25-12-18(22)20-11-14-3-5-15(19)6-4-14/h3-10,13,21H,11-12H2,1-2H3,(H,20,22). The highest BCUT2D eigenvalue weighted by Gasteiger charge is 2.15. The number of carbonyl (C=O) groups excluding carboxylic acids is 1. The maximum Gasteiger partial charge on any atom is 0.258 e. The van der Waals surface area contributed by atoms with Crippen LogP contribution in [-0.4, -0.2) is 27.0 Å². The molecule has 0 fully saturated rings. The highest BCUT2D eigenvalue weighted by Crippen LogP contribution is 2.16. The summed E-state index contributed by atoms with van der Waals surface area (Å²) < 4.78 is 31.9. The van der Waals surface area contributed by atoms with Gasteiger partial charge >= 0.3 is 0 Å². The summed E-state index contributed by atoms with van der Waals surface area (Å²) in [6.07, 6.45) is 0. The van der Waals surface area contributed by atoms with Gasteiger partial charge in [-0.2, -0.15) is 0 Å². The predicted molar refractivity (Wildman–Crippen MR) is 101 cm³/mol. The van der Waals surface area contributed by atoms with Crippen molar-refractivity contribution in [3.8, 4) is 5.75 Å². The van der Waals surface area contributed by atoms with Crippen LogP contribution in [0, 0.1) is 0 Å². The molecule has 2 rings (SSSR count). The van der Waals surface area contributed by atoms with E-state index >= 15 is 0 Å². The van der Waals surface area contributed by atoms with Gasteiger partial charge in [0.2, 0.25) is 10.0 Å². The van der Waals surface area contributed by atoms with Crippen LogP contribution < -0.4 is 14.8 Å². The summed E-state index contributed by atoms with van der Waals surface area (Å²) >= 11 is 5.81. The minimum Gasteiger partial charge on any atom is -0.484 e. The highest BCUT2D eigenvalue weighted by molar-refractivity contribution is 7.89. The first-order valence-electron chi connectivity index (χ1n) is 8.02. The molecule has 0 aromatic heterocycles. The van der Waals surface area contributed by atoms with Crippen LogP contribution in [0.1, 0.15) is 19.4 Å². The molecule has 2 aromatic rings. The van der Waals surface area contributed by atoms with Crippen molar-refractivity contribution in [2.75, 3.05) is 6.61 Å². The first-order valence-corrected chi connectivity index (χ1v) is 9.89. The van der Waals surface area contributed by atoms with E-state index in [-0.39, 0.29) is 23.5 Å². The zero-order valence-electron chi connectivity index (χ0n) is 14.5. The van der Waals surface area contributed by atoms with Crippen molar-refractivity contribution in [1.82, 2.24) is 10.0 Å². The van der Waals surface area contributed by atoms with Crippen molar-refractivity contribution in [2.24, 2.45) is 0 Å². The van der Waals surface area contributed by atoms with Crippen LogP contribution in [0.3, 0.4) is 0 Å². The second-order valence-corrected chi connectivity index (χ2v) is 8.09. The Morgan fingerprint density at radius 2 is 1.69 bits per heavy atom. The third-order valence-electron chi connectivity index (χ3n) is 3.30. The molecule has 2 aromatic carbocycles. The van der Waals surface area contributed by atoms with Gasteiger partial charge in [-0.1, -0.05) is 23.7 Å². The Kier molecular flexibility index (Phi) is 7.02. The second kappa shape index (κ2) is 9.02. The molecule has 26 heavy (non-hydrogen) atoms. The summed E-state index contributed by atoms with van der Waals surface area (Å²) in [6, 6.07) is 12.9. The monoisotopic (exact) mass is 396 g/mol. The molecule has 0 aliphatic carbocycles. The summed E-state index contributed by atoms with van der Waals surface area (Å²) in [4.78, 5) is 12.0. The topological polar surface area (TPSA) is 84.5 Å². The molecule has 0 radical (unpaired) electrons. The van der Waals surface area contributed by atoms with Gasteiger partial charge in [-0.3, -0.25) is 4.79 Å². The number of ether oxygens (including phenoxy) is 1. The quantitative estimate of drug-likeness (QED) is 0.718. The van der Waals surface area contributed by atoms with Crippen LogP contribution >= 0.6 is 11.6 Å². The summed E-state index contributed by atoms with van der Waals surface area (Å²) in [5.74, 6) is 0.133. The Morgan fingerprint density at radius 1 is 1.08 bits per heavy atom. The van der Waals surface area contributed by atoms with Crippen LogP contribution in [0.25, 0.3) is 0 Å². The average molecular weight is 397 g/mol.